The van der Waals surface area contributed by atoms with E-state index in [1.54, 1.807) is 6.26 Å². The number of nitrogens with two attached hydrogens (primary N) is 2. The summed E-state index contributed by atoms with van der Waals surface area (Å²) in [5, 5.41) is 34.8. The van der Waals surface area contributed by atoms with E-state index < -0.39 is 65.8 Å². The highest BCUT2D eigenvalue weighted by Crippen LogP contribution is 2.06. The van der Waals surface area contributed by atoms with Gasteiger partial charge in [-0.3, -0.25) is 24.0 Å². The van der Waals surface area contributed by atoms with E-state index in [2.05, 4.69) is 16.0 Å². The molecule has 34 heavy (non-hydrogen) atoms. The van der Waals surface area contributed by atoms with Gasteiger partial charge in [0.05, 0.1) is 12.1 Å². The Morgan fingerprint density at radius 1 is 0.853 bits per heavy atom. The number of carboxylic acids is 2. The summed E-state index contributed by atoms with van der Waals surface area (Å²) in [6.07, 6.45) is -0.659. The maximum Gasteiger partial charge on any atom is 0.326 e. The van der Waals surface area contributed by atoms with Crippen LogP contribution in [0.25, 0.3) is 0 Å². The Morgan fingerprint density at radius 2 is 1.44 bits per heavy atom. The Hall–Kier alpha value is -2.91. The molecule has 0 bridgehead atoms. The molecule has 0 rings (SSSR count). The van der Waals surface area contributed by atoms with E-state index in [1.165, 1.54) is 18.7 Å². The van der Waals surface area contributed by atoms with Crippen LogP contribution >= 0.6 is 11.8 Å². The molecular formula is C19H33N5O9S. The van der Waals surface area contributed by atoms with E-state index >= 15 is 0 Å². The molecule has 15 heteroatoms. The zero-order valence-corrected chi connectivity index (χ0v) is 19.8. The normalized spacial score (nSPS) is 15.2. The first kappa shape index (κ1) is 31.1. The molecule has 0 aliphatic rings. The second kappa shape index (κ2) is 15.8. The summed E-state index contributed by atoms with van der Waals surface area (Å²) in [5.74, 6) is -5.54. The predicted molar refractivity (Wildman–Crippen MR) is 121 cm³/mol. The van der Waals surface area contributed by atoms with E-state index in [1.807, 2.05) is 0 Å². The summed E-state index contributed by atoms with van der Waals surface area (Å²) in [6, 6.07) is -5.40. The van der Waals surface area contributed by atoms with E-state index in [0.717, 1.165) is 0 Å². The first-order valence-electron chi connectivity index (χ1n) is 10.4. The first-order valence-corrected chi connectivity index (χ1v) is 11.8. The highest BCUT2D eigenvalue weighted by molar-refractivity contribution is 7.98. The van der Waals surface area contributed by atoms with Crippen LogP contribution in [0.2, 0.25) is 0 Å². The Balaban J connectivity index is 5.36. The monoisotopic (exact) mass is 507 g/mol. The van der Waals surface area contributed by atoms with E-state index in [-0.39, 0.29) is 32.1 Å². The highest BCUT2D eigenvalue weighted by Gasteiger charge is 2.32. The molecule has 0 aliphatic carbocycles. The number of carbonyl (C=O) groups is 6. The van der Waals surface area contributed by atoms with Crippen LogP contribution in [0.3, 0.4) is 0 Å². The van der Waals surface area contributed by atoms with Gasteiger partial charge in [-0.1, -0.05) is 0 Å². The maximum absolute atomic E-state index is 12.7. The molecule has 0 fully saturated rings. The van der Waals surface area contributed by atoms with Crippen LogP contribution in [-0.4, -0.2) is 93.2 Å². The van der Waals surface area contributed by atoms with Crippen molar-refractivity contribution in [3.8, 4) is 0 Å². The second-order valence-electron chi connectivity index (χ2n) is 7.51. The van der Waals surface area contributed by atoms with Gasteiger partial charge in [0.1, 0.15) is 18.1 Å². The SMILES string of the molecule is CSCCC(NC(=O)C(NC(=O)C(N)CCC(=O)O)C(C)O)C(=O)NC(CCC(N)=O)C(=O)O. The van der Waals surface area contributed by atoms with Gasteiger partial charge < -0.3 is 42.7 Å². The number of aliphatic hydroxyl groups is 1. The van der Waals surface area contributed by atoms with Gasteiger partial charge in [-0.15, -0.1) is 0 Å². The van der Waals surface area contributed by atoms with Crippen molar-refractivity contribution in [2.45, 2.75) is 69.3 Å². The minimum atomic E-state index is -1.52. The minimum Gasteiger partial charge on any atom is -0.481 e. The fraction of sp³-hybridized carbons (Fsp3) is 0.684. The third-order valence-corrected chi connectivity index (χ3v) is 5.25. The Kier molecular flexibility index (Phi) is 14.5. The third-order valence-electron chi connectivity index (χ3n) is 4.61. The number of rotatable bonds is 17. The van der Waals surface area contributed by atoms with Gasteiger partial charge in [0.2, 0.25) is 23.6 Å². The number of nitrogens with one attached hydrogen (secondary N) is 3. The summed E-state index contributed by atoms with van der Waals surface area (Å²) in [7, 11) is 0. The van der Waals surface area contributed by atoms with Gasteiger partial charge >= 0.3 is 11.9 Å². The lowest BCUT2D eigenvalue weighted by Gasteiger charge is -2.26. The fourth-order valence-corrected chi connectivity index (χ4v) is 3.13. The zero-order valence-electron chi connectivity index (χ0n) is 19.0. The molecular weight excluding hydrogens is 474 g/mol. The topological polar surface area (TPSA) is 251 Å². The molecule has 4 amide bonds. The molecule has 0 saturated heterocycles. The number of primary amides is 1. The van der Waals surface area contributed by atoms with Crippen molar-refractivity contribution in [3.63, 3.8) is 0 Å². The van der Waals surface area contributed by atoms with Crippen molar-refractivity contribution in [3.05, 3.63) is 0 Å². The number of carbonyl (C=O) groups excluding carboxylic acids is 4. The van der Waals surface area contributed by atoms with Crippen LogP contribution in [0.5, 0.6) is 0 Å². The number of aliphatic carboxylic acids is 2. The number of amides is 4. The molecule has 5 unspecified atom stereocenters. The van der Waals surface area contributed by atoms with Gasteiger partial charge in [0.25, 0.3) is 0 Å². The van der Waals surface area contributed by atoms with Crippen molar-refractivity contribution < 1.29 is 44.1 Å². The van der Waals surface area contributed by atoms with Gasteiger partial charge in [0.15, 0.2) is 0 Å². The van der Waals surface area contributed by atoms with Gasteiger partial charge in [-0.05, 0) is 38.2 Å². The summed E-state index contributed by atoms with van der Waals surface area (Å²) in [5.41, 5.74) is 10.6. The highest BCUT2D eigenvalue weighted by atomic mass is 32.2. The number of carboxylic acid groups (broad SMARTS) is 2. The lowest BCUT2D eigenvalue weighted by atomic mass is 10.1. The van der Waals surface area contributed by atoms with Crippen molar-refractivity contribution in [2.24, 2.45) is 11.5 Å². The van der Waals surface area contributed by atoms with Crippen molar-refractivity contribution in [2.75, 3.05) is 12.0 Å². The largest absolute Gasteiger partial charge is 0.481 e. The number of hydrogen-bond donors (Lipinski definition) is 8. The van der Waals surface area contributed by atoms with E-state index in [9.17, 15) is 39.0 Å². The zero-order chi connectivity index (χ0) is 26.4. The molecule has 0 heterocycles. The van der Waals surface area contributed by atoms with Crippen LogP contribution in [0.4, 0.5) is 0 Å². The van der Waals surface area contributed by atoms with Crippen LogP contribution in [0.1, 0.15) is 39.0 Å². The molecule has 0 aromatic carbocycles. The predicted octanol–water partition coefficient (Wildman–Crippen LogP) is -2.88. The van der Waals surface area contributed by atoms with Crippen LogP contribution < -0.4 is 27.4 Å². The average Bonchev–Trinajstić information content (AvgIpc) is 2.74. The average molecular weight is 508 g/mol. The van der Waals surface area contributed by atoms with Gasteiger partial charge in [-0.25, -0.2) is 4.79 Å². The van der Waals surface area contributed by atoms with Gasteiger partial charge in [0, 0.05) is 12.8 Å². The van der Waals surface area contributed by atoms with E-state index in [0.29, 0.717) is 5.75 Å². The molecule has 0 radical (unpaired) electrons. The number of thioether (sulfide) groups is 1. The summed E-state index contributed by atoms with van der Waals surface area (Å²) in [4.78, 5) is 70.6. The van der Waals surface area contributed by atoms with Crippen LogP contribution in [-0.2, 0) is 28.8 Å². The number of aliphatic hydroxyl groups excluding tert-OH is 1. The summed E-state index contributed by atoms with van der Waals surface area (Å²) < 4.78 is 0. The Morgan fingerprint density at radius 3 is 1.91 bits per heavy atom. The standard InChI is InChI=1S/C19H33N5O9S/c1-9(25)15(24-16(29)10(20)3-6-14(27)28)18(31)22-11(7-8-34-2)17(30)23-12(19(32)33)4-5-13(21)26/h9-12,15,25H,3-8,20H2,1-2H3,(H2,21,26)(H,22,31)(H,23,30)(H,24,29)(H,27,28)(H,32,33). The molecule has 0 spiro atoms. The Bertz CT molecular complexity index is 750. The summed E-state index contributed by atoms with van der Waals surface area (Å²) in [6.45, 7) is 1.22. The number of hydrogen-bond acceptors (Lipinski definition) is 9. The first-order chi connectivity index (χ1) is 15.8. The molecule has 0 aromatic heterocycles. The molecule has 0 aliphatic heterocycles. The lowest BCUT2D eigenvalue weighted by molar-refractivity contribution is -0.143. The minimum absolute atomic E-state index is 0.0967. The lowest BCUT2D eigenvalue weighted by Crippen LogP contribution is -2.59. The van der Waals surface area contributed by atoms with Crippen molar-refractivity contribution in [1.29, 1.82) is 0 Å². The molecule has 0 saturated carbocycles. The summed E-state index contributed by atoms with van der Waals surface area (Å²) >= 11 is 1.36. The van der Waals surface area contributed by atoms with Crippen LogP contribution in [0, 0.1) is 0 Å². The fourth-order valence-electron chi connectivity index (χ4n) is 2.66. The molecule has 14 nitrogen and oxygen atoms in total. The van der Waals surface area contributed by atoms with Crippen molar-refractivity contribution in [1.82, 2.24) is 16.0 Å². The maximum atomic E-state index is 12.7. The van der Waals surface area contributed by atoms with Crippen molar-refractivity contribution >= 4 is 47.3 Å². The van der Waals surface area contributed by atoms with E-state index in [4.69, 9.17) is 16.6 Å². The second-order valence-corrected chi connectivity index (χ2v) is 8.50. The van der Waals surface area contributed by atoms with Crippen LogP contribution in [0.15, 0.2) is 0 Å². The molecule has 194 valence electrons. The Labute approximate surface area is 200 Å². The van der Waals surface area contributed by atoms with Gasteiger partial charge in [-0.2, -0.15) is 11.8 Å². The smallest absolute Gasteiger partial charge is 0.326 e. The molecule has 0 aromatic rings. The third kappa shape index (κ3) is 12.4. The quantitative estimate of drug-likeness (QED) is 0.0992. The molecule has 5 atom stereocenters. The molecule has 10 N–H and O–H groups in total.